The largest absolute Gasteiger partial charge is 0.481 e. The normalized spacial score (nSPS) is 10.3. The molecule has 100 valence electrons. The topological polar surface area (TPSA) is 72.8 Å². The van der Waals surface area contributed by atoms with Crippen LogP contribution in [0.5, 0.6) is 5.88 Å². The number of nitrogens with one attached hydrogen (secondary N) is 1. The van der Waals surface area contributed by atoms with Gasteiger partial charge < -0.3 is 10.1 Å². The van der Waals surface area contributed by atoms with E-state index in [1.54, 1.807) is 13.2 Å². The summed E-state index contributed by atoms with van der Waals surface area (Å²) in [6.45, 7) is 2.04. The van der Waals surface area contributed by atoms with E-state index < -0.39 is 0 Å². The SMILES string of the molecule is CCc1nc(-c2cc(OC)ncn2)nc(NC)c1Br. The minimum Gasteiger partial charge on any atom is -0.481 e. The fourth-order valence-electron chi connectivity index (χ4n) is 1.58. The Morgan fingerprint density at radius 2 is 2.11 bits per heavy atom. The molecule has 19 heavy (non-hydrogen) atoms. The molecule has 0 unspecified atom stereocenters. The van der Waals surface area contributed by atoms with Crippen LogP contribution in [-0.4, -0.2) is 34.1 Å². The van der Waals surface area contributed by atoms with Crippen LogP contribution in [0.4, 0.5) is 5.82 Å². The summed E-state index contributed by atoms with van der Waals surface area (Å²) < 4.78 is 5.96. The lowest BCUT2D eigenvalue weighted by Gasteiger charge is -2.09. The van der Waals surface area contributed by atoms with Gasteiger partial charge in [-0.3, -0.25) is 0 Å². The molecule has 0 atom stereocenters. The number of hydrogen-bond donors (Lipinski definition) is 1. The monoisotopic (exact) mass is 323 g/mol. The highest BCUT2D eigenvalue weighted by molar-refractivity contribution is 9.10. The second-order valence-electron chi connectivity index (χ2n) is 3.71. The van der Waals surface area contributed by atoms with Gasteiger partial charge in [-0.25, -0.2) is 19.9 Å². The zero-order valence-corrected chi connectivity index (χ0v) is 12.5. The molecule has 0 spiro atoms. The molecule has 1 N–H and O–H groups in total. The predicted molar refractivity (Wildman–Crippen MR) is 76.2 cm³/mol. The van der Waals surface area contributed by atoms with Gasteiger partial charge in [-0.05, 0) is 22.4 Å². The second-order valence-corrected chi connectivity index (χ2v) is 4.50. The summed E-state index contributed by atoms with van der Waals surface area (Å²) in [6, 6.07) is 1.71. The van der Waals surface area contributed by atoms with E-state index in [0.717, 1.165) is 22.4 Å². The van der Waals surface area contributed by atoms with Crippen molar-refractivity contribution in [1.82, 2.24) is 19.9 Å². The molecule has 0 aliphatic heterocycles. The molecule has 0 radical (unpaired) electrons. The standard InChI is InChI=1S/C12H14BrN5O/c1-4-7-10(13)12(14-2)18-11(17-7)8-5-9(19-3)16-6-15-8/h5-6H,4H2,1-3H3,(H,14,17,18). The number of rotatable bonds is 4. The van der Waals surface area contributed by atoms with Crippen molar-refractivity contribution >= 4 is 21.7 Å². The maximum absolute atomic E-state index is 5.08. The summed E-state index contributed by atoms with van der Waals surface area (Å²) in [7, 11) is 3.38. The molecule has 2 rings (SSSR count). The Morgan fingerprint density at radius 3 is 2.74 bits per heavy atom. The van der Waals surface area contributed by atoms with Crippen LogP contribution in [0.3, 0.4) is 0 Å². The molecule has 7 heteroatoms. The average Bonchev–Trinajstić information content (AvgIpc) is 2.47. The van der Waals surface area contributed by atoms with Gasteiger partial charge in [-0.15, -0.1) is 0 Å². The molecule has 2 heterocycles. The summed E-state index contributed by atoms with van der Waals surface area (Å²) in [5.74, 6) is 1.77. The van der Waals surface area contributed by atoms with Crippen LogP contribution in [0.1, 0.15) is 12.6 Å². The highest BCUT2D eigenvalue weighted by Gasteiger charge is 2.13. The summed E-state index contributed by atoms with van der Waals surface area (Å²) >= 11 is 3.49. The number of aromatic nitrogens is 4. The number of aryl methyl sites for hydroxylation is 1. The van der Waals surface area contributed by atoms with Crippen molar-refractivity contribution in [2.75, 3.05) is 19.5 Å². The minimum absolute atomic E-state index is 0.487. The Bertz CT molecular complexity index is 565. The Morgan fingerprint density at radius 1 is 1.32 bits per heavy atom. The van der Waals surface area contributed by atoms with Crippen LogP contribution in [0.15, 0.2) is 16.9 Å². The number of anilines is 1. The van der Waals surface area contributed by atoms with E-state index in [9.17, 15) is 0 Å². The molecular formula is C12H14BrN5O. The van der Waals surface area contributed by atoms with Gasteiger partial charge in [0.05, 0.1) is 17.3 Å². The van der Waals surface area contributed by atoms with Gasteiger partial charge in [0.1, 0.15) is 17.8 Å². The highest BCUT2D eigenvalue weighted by atomic mass is 79.9. The van der Waals surface area contributed by atoms with Crippen LogP contribution in [0.25, 0.3) is 11.5 Å². The van der Waals surface area contributed by atoms with Gasteiger partial charge in [0, 0.05) is 13.1 Å². The molecule has 0 aliphatic carbocycles. The second kappa shape index (κ2) is 5.92. The molecule has 0 aromatic carbocycles. The number of ether oxygens (including phenoxy) is 1. The maximum atomic E-state index is 5.08. The third-order valence-electron chi connectivity index (χ3n) is 2.57. The fraction of sp³-hybridized carbons (Fsp3) is 0.333. The van der Waals surface area contributed by atoms with E-state index in [4.69, 9.17) is 4.74 Å². The summed E-state index contributed by atoms with van der Waals surface area (Å²) in [5.41, 5.74) is 1.55. The molecular weight excluding hydrogens is 310 g/mol. The van der Waals surface area contributed by atoms with Crippen molar-refractivity contribution in [3.63, 3.8) is 0 Å². The van der Waals surface area contributed by atoms with E-state index >= 15 is 0 Å². The van der Waals surface area contributed by atoms with Gasteiger partial charge >= 0.3 is 0 Å². The lowest BCUT2D eigenvalue weighted by Crippen LogP contribution is -2.03. The van der Waals surface area contributed by atoms with Crippen molar-refractivity contribution in [2.24, 2.45) is 0 Å². The molecule has 0 aliphatic rings. The Kier molecular flexibility index (Phi) is 4.26. The van der Waals surface area contributed by atoms with E-state index in [1.165, 1.54) is 6.33 Å². The fourth-order valence-corrected chi connectivity index (χ4v) is 2.24. The minimum atomic E-state index is 0.487. The average molecular weight is 324 g/mol. The van der Waals surface area contributed by atoms with Crippen LogP contribution in [-0.2, 0) is 6.42 Å². The molecule has 0 fully saturated rings. The van der Waals surface area contributed by atoms with Crippen molar-refractivity contribution in [1.29, 1.82) is 0 Å². The molecule has 0 amide bonds. The van der Waals surface area contributed by atoms with Crippen molar-refractivity contribution < 1.29 is 4.74 Å². The van der Waals surface area contributed by atoms with E-state index in [0.29, 0.717) is 17.4 Å². The zero-order chi connectivity index (χ0) is 13.8. The first kappa shape index (κ1) is 13.7. The van der Waals surface area contributed by atoms with Crippen LogP contribution in [0, 0.1) is 0 Å². The molecule has 6 nitrogen and oxygen atoms in total. The summed E-state index contributed by atoms with van der Waals surface area (Å²) in [4.78, 5) is 17.1. The molecule has 0 saturated carbocycles. The van der Waals surface area contributed by atoms with Crippen LogP contribution >= 0.6 is 15.9 Å². The van der Waals surface area contributed by atoms with Gasteiger partial charge in [-0.2, -0.15) is 0 Å². The van der Waals surface area contributed by atoms with Crippen LogP contribution in [0.2, 0.25) is 0 Å². The van der Waals surface area contributed by atoms with Crippen molar-refractivity contribution in [3.8, 4) is 17.4 Å². The van der Waals surface area contributed by atoms with Crippen molar-refractivity contribution in [2.45, 2.75) is 13.3 Å². The Labute approximate surface area is 119 Å². The Hall–Kier alpha value is -1.76. The van der Waals surface area contributed by atoms with Crippen LogP contribution < -0.4 is 10.1 Å². The first-order chi connectivity index (χ1) is 9.19. The molecule has 2 aromatic rings. The quantitative estimate of drug-likeness (QED) is 0.930. The first-order valence-electron chi connectivity index (χ1n) is 5.80. The summed E-state index contributed by atoms with van der Waals surface area (Å²) in [6.07, 6.45) is 2.23. The maximum Gasteiger partial charge on any atom is 0.216 e. The molecule has 0 saturated heterocycles. The van der Waals surface area contributed by atoms with Gasteiger partial charge in [-0.1, -0.05) is 6.92 Å². The predicted octanol–water partition coefficient (Wildman–Crippen LogP) is 2.31. The van der Waals surface area contributed by atoms with Gasteiger partial charge in [0.2, 0.25) is 5.88 Å². The van der Waals surface area contributed by atoms with Crippen molar-refractivity contribution in [3.05, 3.63) is 22.6 Å². The Balaban J connectivity index is 2.55. The third-order valence-corrected chi connectivity index (χ3v) is 3.41. The molecule has 0 bridgehead atoms. The number of nitrogens with zero attached hydrogens (tertiary/aromatic N) is 4. The van der Waals surface area contributed by atoms with Gasteiger partial charge in [0.15, 0.2) is 5.82 Å². The van der Waals surface area contributed by atoms with Gasteiger partial charge in [0.25, 0.3) is 0 Å². The third kappa shape index (κ3) is 2.81. The number of hydrogen-bond acceptors (Lipinski definition) is 6. The summed E-state index contributed by atoms with van der Waals surface area (Å²) in [5, 5.41) is 3.04. The van der Waals surface area contributed by atoms with E-state index in [2.05, 4.69) is 41.2 Å². The van der Waals surface area contributed by atoms with E-state index in [1.807, 2.05) is 14.0 Å². The molecule has 2 aromatic heterocycles. The first-order valence-corrected chi connectivity index (χ1v) is 6.59. The lowest BCUT2D eigenvalue weighted by molar-refractivity contribution is 0.397. The zero-order valence-electron chi connectivity index (χ0n) is 10.9. The number of halogens is 1. The number of methoxy groups -OCH3 is 1. The smallest absolute Gasteiger partial charge is 0.216 e. The highest BCUT2D eigenvalue weighted by Crippen LogP contribution is 2.27. The lowest BCUT2D eigenvalue weighted by atomic mass is 10.3. The van der Waals surface area contributed by atoms with E-state index in [-0.39, 0.29) is 0 Å².